The van der Waals surface area contributed by atoms with E-state index in [0.717, 1.165) is 16.8 Å². The number of halogens is 1. The van der Waals surface area contributed by atoms with Gasteiger partial charge in [-0.25, -0.2) is 0 Å². The number of hydrogen-bond acceptors (Lipinski definition) is 5. The highest BCUT2D eigenvalue weighted by Gasteiger charge is 2.22. The molecule has 0 bridgehead atoms. The van der Waals surface area contributed by atoms with Crippen molar-refractivity contribution in [1.29, 1.82) is 0 Å². The molecule has 31 heavy (non-hydrogen) atoms. The van der Waals surface area contributed by atoms with Gasteiger partial charge in [0, 0.05) is 43.0 Å². The Kier molecular flexibility index (Phi) is 6.09. The second-order valence-electron chi connectivity index (χ2n) is 7.38. The Morgan fingerprint density at radius 1 is 1.00 bits per heavy atom. The lowest BCUT2D eigenvalue weighted by molar-refractivity contribution is 0.0707. The van der Waals surface area contributed by atoms with Crippen LogP contribution in [0.15, 0.2) is 81.9 Å². The lowest BCUT2D eigenvalue weighted by Gasteiger charge is -2.21. The number of carbonyl (C=O) groups excluding carboxylic acids is 1. The Labute approximate surface area is 185 Å². The Morgan fingerprint density at radius 2 is 1.74 bits per heavy atom. The van der Waals surface area contributed by atoms with E-state index in [9.17, 15) is 4.79 Å². The van der Waals surface area contributed by atoms with Gasteiger partial charge in [-0.3, -0.25) is 4.79 Å². The van der Waals surface area contributed by atoms with Crippen molar-refractivity contribution < 1.29 is 13.7 Å². The summed E-state index contributed by atoms with van der Waals surface area (Å²) in [6, 6.07) is 20.6. The standard InChI is InChI=1S/C24H22ClN3O3/c1-27(2)20-11-5-17(6-12-20)15-28(16-21-4-3-13-30-21)24(29)22-14-23(31-26-22)18-7-9-19(25)10-8-18/h3-14H,15-16H2,1-2H3. The lowest BCUT2D eigenvalue weighted by atomic mass is 10.1. The summed E-state index contributed by atoms with van der Waals surface area (Å²) in [5, 5.41) is 4.64. The summed E-state index contributed by atoms with van der Waals surface area (Å²) in [6.07, 6.45) is 1.60. The molecule has 158 valence electrons. The number of aromatic nitrogens is 1. The molecule has 0 aliphatic carbocycles. The van der Waals surface area contributed by atoms with Crippen LogP contribution in [0.3, 0.4) is 0 Å². The van der Waals surface area contributed by atoms with E-state index in [0.29, 0.717) is 29.6 Å². The number of rotatable bonds is 7. The second-order valence-corrected chi connectivity index (χ2v) is 7.82. The van der Waals surface area contributed by atoms with E-state index in [1.807, 2.05) is 61.5 Å². The van der Waals surface area contributed by atoms with Crippen molar-refractivity contribution in [1.82, 2.24) is 10.1 Å². The fourth-order valence-corrected chi connectivity index (χ4v) is 3.32. The molecule has 2 aromatic carbocycles. The minimum absolute atomic E-state index is 0.237. The van der Waals surface area contributed by atoms with Gasteiger partial charge in [0.05, 0.1) is 12.8 Å². The van der Waals surface area contributed by atoms with Crippen LogP contribution < -0.4 is 4.90 Å². The first-order valence-electron chi connectivity index (χ1n) is 9.80. The van der Waals surface area contributed by atoms with Crippen molar-refractivity contribution in [2.75, 3.05) is 19.0 Å². The van der Waals surface area contributed by atoms with Gasteiger partial charge in [-0.1, -0.05) is 28.9 Å². The molecule has 0 unspecified atom stereocenters. The molecular formula is C24H22ClN3O3. The van der Waals surface area contributed by atoms with Gasteiger partial charge in [-0.05, 0) is 54.1 Å². The molecule has 0 spiro atoms. The van der Waals surface area contributed by atoms with E-state index in [1.165, 1.54) is 0 Å². The molecule has 0 saturated carbocycles. The molecule has 4 aromatic rings. The van der Waals surface area contributed by atoms with E-state index in [2.05, 4.69) is 5.16 Å². The molecule has 0 atom stereocenters. The number of furan rings is 1. The van der Waals surface area contributed by atoms with Crippen molar-refractivity contribution in [2.24, 2.45) is 0 Å². The predicted octanol–water partition coefficient (Wildman–Crippen LogP) is 5.50. The number of nitrogens with zero attached hydrogens (tertiary/aromatic N) is 3. The summed E-state index contributed by atoms with van der Waals surface area (Å²) < 4.78 is 10.9. The highest BCUT2D eigenvalue weighted by atomic mass is 35.5. The molecule has 1 amide bonds. The average Bonchev–Trinajstić information content (AvgIpc) is 3.46. The molecular weight excluding hydrogens is 414 g/mol. The van der Waals surface area contributed by atoms with Crippen molar-refractivity contribution in [3.05, 3.63) is 95.0 Å². The van der Waals surface area contributed by atoms with Crippen molar-refractivity contribution in [3.8, 4) is 11.3 Å². The first-order chi connectivity index (χ1) is 15.0. The zero-order valence-electron chi connectivity index (χ0n) is 17.3. The van der Waals surface area contributed by atoms with Crippen LogP contribution in [-0.4, -0.2) is 30.1 Å². The Balaban J connectivity index is 1.57. The van der Waals surface area contributed by atoms with Gasteiger partial charge in [0.2, 0.25) is 0 Å². The third-order valence-corrected chi connectivity index (χ3v) is 5.15. The van der Waals surface area contributed by atoms with Gasteiger partial charge < -0.3 is 18.7 Å². The Bertz CT molecular complexity index is 1130. The third kappa shape index (κ3) is 4.98. The van der Waals surface area contributed by atoms with Gasteiger partial charge in [-0.15, -0.1) is 0 Å². The first-order valence-corrected chi connectivity index (χ1v) is 10.2. The van der Waals surface area contributed by atoms with Crippen molar-refractivity contribution in [3.63, 3.8) is 0 Å². The third-order valence-electron chi connectivity index (χ3n) is 4.90. The molecule has 2 aromatic heterocycles. The summed E-state index contributed by atoms with van der Waals surface area (Å²) in [6.45, 7) is 0.737. The van der Waals surface area contributed by atoms with E-state index in [-0.39, 0.29) is 11.6 Å². The smallest absolute Gasteiger partial charge is 0.276 e. The number of anilines is 1. The highest BCUT2D eigenvalue weighted by molar-refractivity contribution is 6.30. The number of amides is 1. The van der Waals surface area contributed by atoms with Crippen LogP contribution in [0.4, 0.5) is 5.69 Å². The van der Waals surface area contributed by atoms with E-state index in [1.54, 1.807) is 35.4 Å². The normalized spacial score (nSPS) is 10.8. The molecule has 0 aliphatic rings. The van der Waals surface area contributed by atoms with E-state index in [4.69, 9.17) is 20.5 Å². The molecule has 0 aliphatic heterocycles. The minimum atomic E-state index is -0.239. The quantitative estimate of drug-likeness (QED) is 0.383. The monoisotopic (exact) mass is 435 g/mol. The Morgan fingerprint density at radius 3 is 2.39 bits per heavy atom. The lowest BCUT2D eigenvalue weighted by Crippen LogP contribution is -2.30. The SMILES string of the molecule is CN(C)c1ccc(CN(Cc2ccco2)C(=O)c2cc(-c3ccc(Cl)cc3)on2)cc1. The highest BCUT2D eigenvalue weighted by Crippen LogP contribution is 2.24. The molecule has 0 fully saturated rings. The fraction of sp³-hybridized carbons (Fsp3) is 0.167. The van der Waals surface area contributed by atoms with Gasteiger partial charge >= 0.3 is 0 Å². The molecule has 0 saturated heterocycles. The van der Waals surface area contributed by atoms with Crippen LogP contribution in [0.1, 0.15) is 21.8 Å². The topological polar surface area (TPSA) is 62.7 Å². The Hall–Kier alpha value is -3.51. The average molecular weight is 436 g/mol. The summed E-state index contributed by atoms with van der Waals surface area (Å²) in [7, 11) is 3.98. The summed E-state index contributed by atoms with van der Waals surface area (Å²) in [4.78, 5) is 17.0. The maximum atomic E-state index is 13.3. The van der Waals surface area contributed by atoms with Crippen LogP contribution in [0, 0.1) is 0 Å². The molecule has 7 heteroatoms. The maximum Gasteiger partial charge on any atom is 0.276 e. The van der Waals surface area contributed by atoms with Gasteiger partial charge in [0.1, 0.15) is 5.76 Å². The van der Waals surface area contributed by atoms with Crippen LogP contribution in [0.25, 0.3) is 11.3 Å². The minimum Gasteiger partial charge on any atom is -0.467 e. The van der Waals surface area contributed by atoms with Crippen LogP contribution in [0.5, 0.6) is 0 Å². The van der Waals surface area contributed by atoms with Crippen LogP contribution in [-0.2, 0) is 13.1 Å². The number of carbonyl (C=O) groups is 1. The summed E-state index contributed by atoms with van der Waals surface area (Å²) >= 11 is 5.95. The van der Waals surface area contributed by atoms with Crippen molar-refractivity contribution in [2.45, 2.75) is 13.1 Å². The van der Waals surface area contributed by atoms with Crippen LogP contribution in [0.2, 0.25) is 5.02 Å². The maximum absolute atomic E-state index is 13.3. The van der Waals surface area contributed by atoms with E-state index < -0.39 is 0 Å². The zero-order chi connectivity index (χ0) is 21.8. The molecule has 2 heterocycles. The molecule has 4 rings (SSSR count). The summed E-state index contributed by atoms with van der Waals surface area (Å²) in [5.74, 6) is 0.963. The fourth-order valence-electron chi connectivity index (χ4n) is 3.20. The van der Waals surface area contributed by atoms with Crippen molar-refractivity contribution >= 4 is 23.2 Å². The summed E-state index contributed by atoms with van der Waals surface area (Å²) in [5.41, 5.74) is 3.14. The van der Waals surface area contributed by atoms with Gasteiger partial charge in [-0.2, -0.15) is 0 Å². The van der Waals surface area contributed by atoms with Crippen LogP contribution >= 0.6 is 11.6 Å². The molecule has 0 N–H and O–H groups in total. The van der Waals surface area contributed by atoms with Gasteiger partial charge in [0.15, 0.2) is 11.5 Å². The predicted molar refractivity (Wildman–Crippen MR) is 120 cm³/mol. The second kappa shape index (κ2) is 9.10. The molecule has 0 radical (unpaired) electrons. The van der Waals surface area contributed by atoms with E-state index >= 15 is 0 Å². The first kappa shape index (κ1) is 20.8. The number of benzene rings is 2. The largest absolute Gasteiger partial charge is 0.467 e. The zero-order valence-corrected chi connectivity index (χ0v) is 18.0. The molecule has 6 nitrogen and oxygen atoms in total. The number of hydrogen-bond donors (Lipinski definition) is 0. The van der Waals surface area contributed by atoms with Gasteiger partial charge in [0.25, 0.3) is 5.91 Å².